The third-order valence-corrected chi connectivity index (χ3v) is 7.48. The highest BCUT2D eigenvalue weighted by Gasteiger charge is 2.62. The molecule has 6 unspecified atom stereocenters. The molecule has 0 aromatic rings. The number of methoxy groups -OCH3 is 2. The zero-order valence-corrected chi connectivity index (χ0v) is 12.6. The van der Waals surface area contributed by atoms with Crippen LogP contribution in [0, 0.1) is 17.8 Å². The van der Waals surface area contributed by atoms with E-state index in [1.54, 1.807) is 25.4 Å². The standard InChI is InChI=1S/C13H23NO4S/c1-8(7-17-2)19(15,16)14-6-10-4-9-5-11(10)12(14)13(9)18-3/h8-13H,4-7H2,1-3H3. The Kier molecular flexibility index (Phi) is 3.40. The number of fused-ring (bicyclic) bond motifs is 1. The average Bonchev–Trinajstić information content (AvgIpc) is 2.96. The van der Waals surface area contributed by atoms with Crippen molar-refractivity contribution in [2.45, 2.75) is 37.2 Å². The molecule has 19 heavy (non-hydrogen) atoms. The Morgan fingerprint density at radius 1 is 1.26 bits per heavy atom. The van der Waals surface area contributed by atoms with E-state index in [-0.39, 0.29) is 18.8 Å². The molecule has 6 heteroatoms. The van der Waals surface area contributed by atoms with Crippen LogP contribution in [0.15, 0.2) is 0 Å². The van der Waals surface area contributed by atoms with Gasteiger partial charge in [-0.25, -0.2) is 8.42 Å². The number of ether oxygens (including phenoxy) is 2. The van der Waals surface area contributed by atoms with Gasteiger partial charge in [0.25, 0.3) is 0 Å². The van der Waals surface area contributed by atoms with Gasteiger partial charge < -0.3 is 9.47 Å². The van der Waals surface area contributed by atoms with Gasteiger partial charge in [0.2, 0.25) is 10.0 Å². The first-order valence-corrected chi connectivity index (χ1v) is 8.53. The summed E-state index contributed by atoms with van der Waals surface area (Å²) < 4.78 is 37.7. The van der Waals surface area contributed by atoms with E-state index in [1.807, 2.05) is 0 Å². The van der Waals surface area contributed by atoms with E-state index in [0.717, 1.165) is 12.8 Å². The predicted octanol–water partition coefficient (Wildman–Crippen LogP) is 0.706. The maximum absolute atomic E-state index is 12.7. The molecule has 3 rings (SSSR count). The molecular weight excluding hydrogens is 266 g/mol. The van der Waals surface area contributed by atoms with E-state index in [9.17, 15) is 8.42 Å². The highest BCUT2D eigenvalue weighted by molar-refractivity contribution is 7.89. The molecule has 2 saturated carbocycles. The lowest BCUT2D eigenvalue weighted by Gasteiger charge is -2.32. The molecule has 0 aromatic heterocycles. The molecule has 0 N–H and O–H groups in total. The van der Waals surface area contributed by atoms with Gasteiger partial charge in [0.1, 0.15) is 0 Å². The Labute approximate surface area is 115 Å². The van der Waals surface area contributed by atoms with Crippen LogP contribution in [0.2, 0.25) is 0 Å². The molecule has 1 aliphatic heterocycles. The molecule has 2 bridgehead atoms. The Bertz CT molecular complexity index is 450. The van der Waals surface area contributed by atoms with Gasteiger partial charge in [0, 0.05) is 20.8 Å². The zero-order chi connectivity index (χ0) is 13.8. The molecule has 0 amide bonds. The molecule has 0 radical (unpaired) electrons. The lowest BCUT2D eigenvalue weighted by molar-refractivity contribution is 0.0262. The number of nitrogens with zero attached hydrogens (tertiary/aromatic N) is 1. The van der Waals surface area contributed by atoms with Gasteiger partial charge in [-0.1, -0.05) is 0 Å². The average molecular weight is 289 g/mol. The van der Waals surface area contributed by atoms with Gasteiger partial charge in [-0.2, -0.15) is 4.31 Å². The summed E-state index contributed by atoms with van der Waals surface area (Å²) in [7, 11) is -0.0207. The molecule has 6 atom stereocenters. The second-order valence-electron chi connectivity index (χ2n) is 6.23. The van der Waals surface area contributed by atoms with Crippen LogP contribution in [-0.2, 0) is 19.5 Å². The minimum atomic E-state index is -3.28. The molecule has 110 valence electrons. The van der Waals surface area contributed by atoms with Crippen molar-refractivity contribution in [3.05, 3.63) is 0 Å². The molecule has 1 heterocycles. The van der Waals surface area contributed by atoms with Crippen LogP contribution in [0.4, 0.5) is 0 Å². The van der Waals surface area contributed by atoms with Gasteiger partial charge in [-0.15, -0.1) is 0 Å². The highest BCUT2D eigenvalue weighted by Crippen LogP contribution is 2.56. The summed E-state index contributed by atoms with van der Waals surface area (Å²) in [6.45, 7) is 2.66. The predicted molar refractivity (Wildman–Crippen MR) is 71.3 cm³/mol. The van der Waals surface area contributed by atoms with E-state index in [2.05, 4.69) is 0 Å². The summed E-state index contributed by atoms with van der Waals surface area (Å²) in [6.07, 6.45) is 2.36. The van der Waals surface area contributed by atoms with Gasteiger partial charge in [0.15, 0.2) is 0 Å². The fourth-order valence-electron chi connectivity index (χ4n) is 4.51. The van der Waals surface area contributed by atoms with E-state index in [0.29, 0.717) is 24.3 Å². The van der Waals surface area contributed by atoms with Crippen LogP contribution in [0.3, 0.4) is 0 Å². The first-order valence-electron chi connectivity index (χ1n) is 7.03. The summed E-state index contributed by atoms with van der Waals surface area (Å²) in [6, 6.07) is 0.0676. The Morgan fingerprint density at radius 3 is 2.63 bits per heavy atom. The lowest BCUT2D eigenvalue weighted by Crippen LogP contribution is -2.48. The minimum absolute atomic E-state index is 0.0676. The normalized spacial score (nSPS) is 43.0. The molecule has 1 saturated heterocycles. The highest BCUT2D eigenvalue weighted by atomic mass is 32.2. The first kappa shape index (κ1) is 13.8. The number of hydrogen-bond acceptors (Lipinski definition) is 4. The van der Waals surface area contributed by atoms with E-state index in [1.165, 1.54) is 0 Å². The van der Waals surface area contributed by atoms with Crippen LogP contribution >= 0.6 is 0 Å². The summed E-state index contributed by atoms with van der Waals surface area (Å²) >= 11 is 0. The largest absolute Gasteiger partial charge is 0.383 e. The van der Waals surface area contributed by atoms with Crippen LogP contribution < -0.4 is 0 Å². The van der Waals surface area contributed by atoms with Gasteiger partial charge in [-0.3, -0.25) is 0 Å². The van der Waals surface area contributed by atoms with Crippen molar-refractivity contribution in [1.82, 2.24) is 4.31 Å². The summed E-state index contributed by atoms with van der Waals surface area (Å²) in [5.41, 5.74) is 0. The van der Waals surface area contributed by atoms with Crippen molar-refractivity contribution < 1.29 is 17.9 Å². The number of sulfonamides is 1. The van der Waals surface area contributed by atoms with Crippen LogP contribution in [0.5, 0.6) is 0 Å². The van der Waals surface area contributed by atoms with Crippen molar-refractivity contribution in [3.8, 4) is 0 Å². The van der Waals surface area contributed by atoms with Crippen LogP contribution in [0.1, 0.15) is 19.8 Å². The third-order valence-electron chi connectivity index (χ3n) is 5.28. The summed E-state index contributed by atoms with van der Waals surface area (Å²) in [5, 5.41) is -0.480. The monoisotopic (exact) mass is 289 g/mol. The molecule has 0 spiro atoms. The van der Waals surface area contributed by atoms with Crippen molar-refractivity contribution >= 4 is 10.0 Å². The van der Waals surface area contributed by atoms with Crippen molar-refractivity contribution in [2.75, 3.05) is 27.4 Å². The first-order chi connectivity index (χ1) is 9.00. The van der Waals surface area contributed by atoms with E-state index < -0.39 is 15.3 Å². The molecule has 5 nitrogen and oxygen atoms in total. The van der Waals surface area contributed by atoms with Gasteiger partial charge >= 0.3 is 0 Å². The third kappa shape index (κ3) is 1.87. The topological polar surface area (TPSA) is 55.8 Å². The Morgan fingerprint density at radius 2 is 2.00 bits per heavy atom. The van der Waals surface area contributed by atoms with Crippen LogP contribution in [-0.4, -0.2) is 57.5 Å². The fourth-order valence-corrected chi connectivity index (χ4v) is 6.29. The van der Waals surface area contributed by atoms with Crippen LogP contribution in [0.25, 0.3) is 0 Å². The van der Waals surface area contributed by atoms with Gasteiger partial charge in [0.05, 0.1) is 24.0 Å². The number of hydrogen-bond donors (Lipinski definition) is 0. The van der Waals surface area contributed by atoms with E-state index in [4.69, 9.17) is 9.47 Å². The Hall–Kier alpha value is -0.170. The summed E-state index contributed by atoms with van der Waals surface area (Å²) in [5.74, 6) is 1.62. The fraction of sp³-hybridized carbons (Fsp3) is 1.00. The quantitative estimate of drug-likeness (QED) is 0.748. The van der Waals surface area contributed by atoms with Gasteiger partial charge in [-0.05, 0) is 37.5 Å². The summed E-state index contributed by atoms with van der Waals surface area (Å²) in [4.78, 5) is 0. The molecule has 2 aliphatic carbocycles. The van der Waals surface area contributed by atoms with Crippen molar-refractivity contribution in [2.24, 2.45) is 17.8 Å². The zero-order valence-electron chi connectivity index (χ0n) is 11.8. The maximum atomic E-state index is 12.7. The smallest absolute Gasteiger partial charge is 0.219 e. The number of rotatable bonds is 5. The van der Waals surface area contributed by atoms with Crippen molar-refractivity contribution in [1.29, 1.82) is 0 Å². The second-order valence-corrected chi connectivity index (χ2v) is 8.53. The maximum Gasteiger partial charge on any atom is 0.219 e. The second kappa shape index (κ2) is 4.69. The molecule has 0 aromatic carbocycles. The molecule has 3 fully saturated rings. The minimum Gasteiger partial charge on any atom is -0.383 e. The Balaban J connectivity index is 1.87. The SMILES string of the molecule is COCC(C)S(=O)(=O)N1CC2CC3CC2C1C3OC. The lowest BCUT2D eigenvalue weighted by atomic mass is 9.88. The molecular formula is C13H23NO4S. The van der Waals surface area contributed by atoms with Crippen molar-refractivity contribution in [3.63, 3.8) is 0 Å². The molecule has 3 aliphatic rings. The van der Waals surface area contributed by atoms with E-state index >= 15 is 0 Å².